The summed E-state index contributed by atoms with van der Waals surface area (Å²) in [5, 5.41) is 12.6. The van der Waals surface area contributed by atoms with Crippen LogP contribution in [-0.2, 0) is 19.1 Å². The first-order valence-electron chi connectivity index (χ1n) is 8.66. The highest BCUT2D eigenvalue weighted by Crippen LogP contribution is 2.31. The topological polar surface area (TPSA) is 91.3 Å². The largest absolute Gasteiger partial charge is 0.466 e. The number of aliphatic hydroxyl groups excluding tert-OH is 1. The number of β-amino-alcohol motifs (C(OH)–C–C–N with tert-alkyl or cyclic N) is 1. The molecule has 0 aliphatic carbocycles. The second-order valence-corrected chi connectivity index (χ2v) is 6.59. The van der Waals surface area contributed by atoms with Crippen LogP contribution in [-0.4, -0.2) is 75.0 Å². The van der Waals surface area contributed by atoms with Gasteiger partial charge in [-0.25, -0.2) is 4.79 Å². The molecule has 1 fully saturated rings. The van der Waals surface area contributed by atoms with Crippen molar-refractivity contribution in [2.24, 2.45) is 0 Å². The molecule has 9 heteroatoms. The van der Waals surface area contributed by atoms with E-state index in [0.717, 1.165) is 18.8 Å². The molecular formula is C18H22ClN3O5. The molecule has 0 bridgehead atoms. The molecule has 1 amide bonds. The lowest BCUT2D eigenvalue weighted by Crippen LogP contribution is -2.36. The van der Waals surface area contributed by atoms with Crippen LogP contribution in [0.3, 0.4) is 0 Å². The Bertz CT molecular complexity index is 761. The van der Waals surface area contributed by atoms with E-state index < -0.39 is 5.97 Å². The van der Waals surface area contributed by atoms with Crippen LogP contribution in [0.2, 0.25) is 5.02 Å². The number of carbonyl (C=O) groups is 2. The highest BCUT2D eigenvalue weighted by Gasteiger charge is 2.34. The minimum atomic E-state index is -0.591. The lowest BCUT2D eigenvalue weighted by Gasteiger charge is -2.29. The van der Waals surface area contributed by atoms with E-state index in [0.29, 0.717) is 23.9 Å². The summed E-state index contributed by atoms with van der Waals surface area (Å²) in [6, 6.07) is 5.50. The standard InChI is InChI=1S/C18H22ClN3O5/c1-26-18(25)13-11-22(4-7-23)17(24)16(13)20-15-10-12(2-3-14(15)19)21-5-8-27-9-6-21/h2-3,10,20,23H,4-9,11H2,1H3. The Balaban J connectivity index is 1.89. The van der Waals surface area contributed by atoms with E-state index in [4.69, 9.17) is 26.2 Å². The lowest BCUT2D eigenvalue weighted by molar-refractivity contribution is -0.136. The molecule has 0 saturated carbocycles. The van der Waals surface area contributed by atoms with Gasteiger partial charge in [0.05, 0.1) is 49.8 Å². The molecule has 0 radical (unpaired) electrons. The number of carbonyl (C=O) groups excluding carboxylic acids is 2. The number of morpholine rings is 1. The molecule has 8 nitrogen and oxygen atoms in total. The molecule has 0 aromatic heterocycles. The molecular weight excluding hydrogens is 374 g/mol. The number of amides is 1. The molecule has 0 spiro atoms. The van der Waals surface area contributed by atoms with E-state index >= 15 is 0 Å². The zero-order chi connectivity index (χ0) is 19.4. The average Bonchev–Trinajstić information content (AvgIpc) is 3.00. The van der Waals surface area contributed by atoms with Crippen LogP contribution in [0.1, 0.15) is 0 Å². The van der Waals surface area contributed by atoms with E-state index in [1.807, 2.05) is 12.1 Å². The monoisotopic (exact) mass is 395 g/mol. The van der Waals surface area contributed by atoms with Crippen molar-refractivity contribution >= 4 is 34.9 Å². The van der Waals surface area contributed by atoms with Crippen LogP contribution < -0.4 is 10.2 Å². The van der Waals surface area contributed by atoms with Crippen molar-refractivity contribution in [3.63, 3.8) is 0 Å². The summed E-state index contributed by atoms with van der Waals surface area (Å²) in [7, 11) is 1.26. The van der Waals surface area contributed by atoms with Gasteiger partial charge >= 0.3 is 5.97 Å². The normalized spacial score (nSPS) is 17.5. The number of esters is 1. The minimum absolute atomic E-state index is 0.0785. The van der Waals surface area contributed by atoms with E-state index in [2.05, 4.69) is 10.2 Å². The van der Waals surface area contributed by atoms with Crippen LogP contribution in [0.5, 0.6) is 0 Å². The second-order valence-electron chi connectivity index (χ2n) is 6.18. The highest BCUT2D eigenvalue weighted by molar-refractivity contribution is 6.33. The number of hydrogen-bond donors (Lipinski definition) is 2. The number of aliphatic hydroxyl groups is 1. The Morgan fingerprint density at radius 3 is 2.78 bits per heavy atom. The summed E-state index contributed by atoms with van der Waals surface area (Å²) in [6.07, 6.45) is 0. The molecule has 3 rings (SSSR count). The molecule has 2 aliphatic rings. The molecule has 146 valence electrons. The number of nitrogens with zero attached hydrogens (tertiary/aromatic N) is 2. The van der Waals surface area contributed by atoms with Crippen LogP contribution in [0.25, 0.3) is 0 Å². The summed E-state index contributed by atoms with van der Waals surface area (Å²) in [5.41, 5.74) is 1.81. The van der Waals surface area contributed by atoms with Crippen molar-refractivity contribution < 1.29 is 24.2 Å². The number of ether oxygens (including phenoxy) is 2. The highest BCUT2D eigenvalue weighted by atomic mass is 35.5. The maximum atomic E-state index is 12.6. The van der Waals surface area contributed by atoms with Gasteiger partial charge in [-0.05, 0) is 18.2 Å². The van der Waals surface area contributed by atoms with Gasteiger partial charge in [-0.1, -0.05) is 11.6 Å². The SMILES string of the molecule is COC(=O)C1=C(Nc2cc(N3CCOCC3)ccc2Cl)C(=O)N(CCO)C1. The van der Waals surface area contributed by atoms with Crippen molar-refractivity contribution in [1.29, 1.82) is 0 Å². The molecule has 0 unspecified atom stereocenters. The van der Waals surface area contributed by atoms with Crippen LogP contribution in [0.4, 0.5) is 11.4 Å². The predicted molar refractivity (Wildman–Crippen MR) is 101 cm³/mol. The Labute approximate surface area is 162 Å². The third-order valence-corrected chi connectivity index (χ3v) is 4.87. The molecule has 0 atom stereocenters. The number of nitrogens with one attached hydrogen (secondary N) is 1. The predicted octanol–water partition coefficient (Wildman–Crippen LogP) is 0.850. The Morgan fingerprint density at radius 2 is 2.11 bits per heavy atom. The molecule has 2 aliphatic heterocycles. The molecule has 2 heterocycles. The van der Waals surface area contributed by atoms with Gasteiger partial charge in [0.25, 0.3) is 5.91 Å². The Kier molecular flexibility index (Phi) is 6.20. The Hall–Kier alpha value is -2.29. The maximum absolute atomic E-state index is 12.6. The summed E-state index contributed by atoms with van der Waals surface area (Å²) in [5.74, 6) is -0.968. The quantitative estimate of drug-likeness (QED) is 0.690. The third-order valence-electron chi connectivity index (χ3n) is 4.54. The van der Waals surface area contributed by atoms with Gasteiger partial charge in [0.2, 0.25) is 0 Å². The fourth-order valence-electron chi connectivity index (χ4n) is 3.11. The van der Waals surface area contributed by atoms with Crippen molar-refractivity contribution in [2.75, 3.05) is 63.3 Å². The van der Waals surface area contributed by atoms with Gasteiger partial charge < -0.3 is 29.7 Å². The molecule has 2 N–H and O–H groups in total. The van der Waals surface area contributed by atoms with Crippen molar-refractivity contribution in [3.05, 3.63) is 34.5 Å². The third kappa shape index (κ3) is 4.18. The summed E-state index contributed by atoms with van der Waals surface area (Å²) < 4.78 is 10.2. The van der Waals surface area contributed by atoms with Gasteiger partial charge in [0.1, 0.15) is 5.70 Å². The van der Waals surface area contributed by atoms with Crippen molar-refractivity contribution in [1.82, 2.24) is 4.90 Å². The van der Waals surface area contributed by atoms with E-state index in [9.17, 15) is 9.59 Å². The summed E-state index contributed by atoms with van der Waals surface area (Å²) in [4.78, 5) is 28.3. The zero-order valence-corrected chi connectivity index (χ0v) is 15.8. The first kappa shape index (κ1) is 19.5. The van der Waals surface area contributed by atoms with Crippen molar-refractivity contribution in [3.8, 4) is 0 Å². The number of benzene rings is 1. The minimum Gasteiger partial charge on any atom is -0.466 e. The summed E-state index contributed by atoms with van der Waals surface area (Å²) in [6.45, 7) is 2.85. The van der Waals surface area contributed by atoms with Gasteiger partial charge in [-0.15, -0.1) is 0 Å². The number of hydrogen-bond acceptors (Lipinski definition) is 7. The lowest BCUT2D eigenvalue weighted by atomic mass is 10.2. The first-order chi connectivity index (χ1) is 13.0. The fourth-order valence-corrected chi connectivity index (χ4v) is 3.28. The van der Waals surface area contributed by atoms with E-state index in [1.54, 1.807) is 6.07 Å². The van der Waals surface area contributed by atoms with E-state index in [1.165, 1.54) is 12.0 Å². The number of methoxy groups -OCH3 is 1. The zero-order valence-electron chi connectivity index (χ0n) is 15.0. The van der Waals surface area contributed by atoms with Gasteiger partial charge in [0.15, 0.2) is 0 Å². The van der Waals surface area contributed by atoms with Crippen LogP contribution in [0.15, 0.2) is 29.5 Å². The summed E-state index contributed by atoms with van der Waals surface area (Å²) >= 11 is 6.31. The molecule has 1 aromatic rings. The van der Waals surface area contributed by atoms with Crippen LogP contribution in [0, 0.1) is 0 Å². The Morgan fingerprint density at radius 1 is 1.37 bits per heavy atom. The first-order valence-corrected chi connectivity index (χ1v) is 9.03. The molecule has 1 aromatic carbocycles. The fraction of sp³-hybridized carbons (Fsp3) is 0.444. The number of halogens is 1. The van der Waals surface area contributed by atoms with Gasteiger partial charge in [-0.2, -0.15) is 0 Å². The average molecular weight is 396 g/mol. The van der Waals surface area contributed by atoms with Crippen LogP contribution >= 0.6 is 11.6 Å². The molecule has 27 heavy (non-hydrogen) atoms. The van der Waals surface area contributed by atoms with Gasteiger partial charge in [-0.3, -0.25) is 4.79 Å². The second kappa shape index (κ2) is 8.60. The van der Waals surface area contributed by atoms with Gasteiger partial charge in [0, 0.05) is 25.3 Å². The smallest absolute Gasteiger partial charge is 0.337 e. The van der Waals surface area contributed by atoms with Crippen molar-refractivity contribution in [2.45, 2.75) is 0 Å². The number of rotatable bonds is 6. The van der Waals surface area contributed by atoms with E-state index in [-0.39, 0.29) is 36.9 Å². The molecule has 1 saturated heterocycles. The maximum Gasteiger partial charge on any atom is 0.337 e. The number of anilines is 2.